The second-order valence-electron chi connectivity index (χ2n) is 7.46. The highest BCUT2D eigenvalue weighted by molar-refractivity contribution is 8.00. The van der Waals surface area contributed by atoms with E-state index in [0.717, 1.165) is 36.7 Å². The second-order valence-corrected chi connectivity index (χ2v) is 8.51. The standard InChI is InChI=1S/C23H30N2O6S/c1-17(26)30-15-19-6-5-18(31-19)14-24-9-4-10-25(12-11-24)23(27)16-32-20-7-8-21(28-2)22(13-20)29-3/h5-8,13H,4,9-12,14-16H2,1-3H3. The van der Waals surface area contributed by atoms with Crippen LogP contribution in [0, 0.1) is 0 Å². The fraction of sp³-hybridized carbons (Fsp3) is 0.478. The van der Waals surface area contributed by atoms with Crippen LogP contribution < -0.4 is 9.47 Å². The summed E-state index contributed by atoms with van der Waals surface area (Å²) in [6.45, 7) is 5.31. The topological polar surface area (TPSA) is 81.5 Å². The summed E-state index contributed by atoms with van der Waals surface area (Å²) in [5.74, 6) is 2.98. The van der Waals surface area contributed by atoms with E-state index in [9.17, 15) is 9.59 Å². The molecule has 1 aromatic heterocycles. The molecule has 1 amide bonds. The van der Waals surface area contributed by atoms with Gasteiger partial charge in [-0.3, -0.25) is 14.5 Å². The summed E-state index contributed by atoms with van der Waals surface area (Å²) in [6.07, 6.45) is 0.910. The molecule has 9 heteroatoms. The lowest BCUT2D eigenvalue weighted by Crippen LogP contribution is -2.36. The minimum atomic E-state index is -0.329. The van der Waals surface area contributed by atoms with Crippen molar-refractivity contribution < 1.29 is 28.2 Å². The number of methoxy groups -OCH3 is 2. The highest BCUT2D eigenvalue weighted by Gasteiger charge is 2.20. The number of rotatable bonds is 9. The first kappa shape index (κ1) is 24.0. The first-order valence-corrected chi connectivity index (χ1v) is 11.5. The van der Waals surface area contributed by atoms with Gasteiger partial charge in [0.1, 0.15) is 18.1 Å². The second kappa shape index (κ2) is 11.8. The highest BCUT2D eigenvalue weighted by Crippen LogP contribution is 2.32. The van der Waals surface area contributed by atoms with Crippen molar-refractivity contribution in [2.75, 3.05) is 46.2 Å². The van der Waals surface area contributed by atoms with Crippen LogP contribution in [0.15, 0.2) is 39.6 Å². The average Bonchev–Trinajstić information content (AvgIpc) is 3.11. The SMILES string of the molecule is COc1ccc(SCC(=O)N2CCCN(Cc3ccc(COC(C)=O)o3)CC2)cc1OC. The molecule has 1 aliphatic heterocycles. The normalized spacial score (nSPS) is 14.7. The number of thioether (sulfide) groups is 1. The van der Waals surface area contributed by atoms with Crippen molar-refractivity contribution in [1.82, 2.24) is 9.80 Å². The lowest BCUT2D eigenvalue weighted by atomic mass is 10.3. The van der Waals surface area contributed by atoms with E-state index in [1.165, 1.54) is 18.7 Å². The number of ether oxygens (including phenoxy) is 3. The predicted molar refractivity (Wildman–Crippen MR) is 121 cm³/mol. The van der Waals surface area contributed by atoms with Gasteiger partial charge in [-0.15, -0.1) is 11.8 Å². The molecule has 1 fully saturated rings. The van der Waals surface area contributed by atoms with Gasteiger partial charge >= 0.3 is 5.97 Å². The Bertz CT molecular complexity index is 916. The van der Waals surface area contributed by atoms with Crippen molar-refractivity contribution in [3.05, 3.63) is 41.9 Å². The molecule has 2 aromatic rings. The van der Waals surface area contributed by atoms with Gasteiger partial charge in [0.15, 0.2) is 11.5 Å². The van der Waals surface area contributed by atoms with E-state index in [1.54, 1.807) is 14.2 Å². The highest BCUT2D eigenvalue weighted by atomic mass is 32.2. The van der Waals surface area contributed by atoms with Gasteiger partial charge in [0, 0.05) is 38.0 Å². The number of carbonyl (C=O) groups excluding carboxylic acids is 2. The van der Waals surface area contributed by atoms with Crippen molar-refractivity contribution in [3.63, 3.8) is 0 Å². The lowest BCUT2D eigenvalue weighted by molar-refractivity contribution is -0.142. The molecular formula is C23H30N2O6S. The largest absolute Gasteiger partial charge is 0.493 e. The Labute approximate surface area is 192 Å². The van der Waals surface area contributed by atoms with E-state index in [4.69, 9.17) is 18.6 Å². The monoisotopic (exact) mass is 462 g/mol. The molecule has 1 aliphatic rings. The minimum Gasteiger partial charge on any atom is -0.493 e. The number of benzene rings is 1. The van der Waals surface area contributed by atoms with Crippen molar-refractivity contribution in [2.45, 2.75) is 31.4 Å². The smallest absolute Gasteiger partial charge is 0.303 e. The summed E-state index contributed by atoms with van der Waals surface area (Å²) in [4.78, 5) is 28.9. The molecule has 0 radical (unpaired) electrons. The van der Waals surface area contributed by atoms with Crippen LogP contribution in [0.1, 0.15) is 24.9 Å². The van der Waals surface area contributed by atoms with Gasteiger partial charge in [0.25, 0.3) is 0 Å². The van der Waals surface area contributed by atoms with Gasteiger partial charge in [0.2, 0.25) is 5.91 Å². The van der Waals surface area contributed by atoms with Gasteiger partial charge in [0.05, 0.1) is 26.5 Å². The summed E-state index contributed by atoms with van der Waals surface area (Å²) in [7, 11) is 3.20. The maximum atomic E-state index is 12.8. The fourth-order valence-corrected chi connectivity index (χ4v) is 4.33. The Hall–Kier alpha value is -2.65. The average molecular weight is 463 g/mol. The number of furan rings is 1. The number of hydrogen-bond donors (Lipinski definition) is 0. The molecular weight excluding hydrogens is 432 g/mol. The molecule has 8 nitrogen and oxygen atoms in total. The first-order valence-electron chi connectivity index (χ1n) is 10.5. The fourth-order valence-electron chi connectivity index (χ4n) is 3.50. The summed E-state index contributed by atoms with van der Waals surface area (Å²) in [5.41, 5.74) is 0. The molecule has 0 aliphatic carbocycles. The van der Waals surface area contributed by atoms with E-state index in [-0.39, 0.29) is 18.5 Å². The Morgan fingerprint density at radius 1 is 1.00 bits per heavy atom. The van der Waals surface area contributed by atoms with Crippen LogP contribution in [0.5, 0.6) is 11.5 Å². The van der Waals surface area contributed by atoms with E-state index < -0.39 is 0 Å². The van der Waals surface area contributed by atoms with E-state index in [0.29, 0.717) is 36.1 Å². The van der Waals surface area contributed by atoms with Gasteiger partial charge in [-0.1, -0.05) is 0 Å². The Morgan fingerprint density at radius 3 is 2.53 bits per heavy atom. The van der Waals surface area contributed by atoms with E-state index >= 15 is 0 Å². The third kappa shape index (κ3) is 6.93. The van der Waals surface area contributed by atoms with Crippen LogP contribution in [0.25, 0.3) is 0 Å². The third-order valence-corrected chi connectivity index (χ3v) is 6.15. The third-order valence-electron chi connectivity index (χ3n) is 5.17. The van der Waals surface area contributed by atoms with E-state index in [1.807, 2.05) is 35.2 Å². The Balaban J connectivity index is 1.46. The number of hydrogen-bond acceptors (Lipinski definition) is 8. The van der Waals surface area contributed by atoms with Crippen molar-refractivity contribution in [3.8, 4) is 11.5 Å². The zero-order valence-electron chi connectivity index (χ0n) is 18.8. The molecule has 32 heavy (non-hydrogen) atoms. The van der Waals surface area contributed by atoms with Crippen molar-refractivity contribution in [1.29, 1.82) is 0 Å². The summed E-state index contributed by atoms with van der Waals surface area (Å²) < 4.78 is 21.3. The zero-order chi connectivity index (χ0) is 22.9. The first-order chi connectivity index (χ1) is 15.5. The van der Waals surface area contributed by atoms with Crippen LogP contribution in [0.3, 0.4) is 0 Å². The van der Waals surface area contributed by atoms with E-state index in [2.05, 4.69) is 4.90 Å². The minimum absolute atomic E-state index is 0.133. The molecule has 0 atom stereocenters. The van der Waals surface area contributed by atoms with Crippen molar-refractivity contribution in [2.24, 2.45) is 0 Å². The molecule has 0 saturated carbocycles. The quantitative estimate of drug-likeness (QED) is 0.415. The van der Waals surface area contributed by atoms with Gasteiger partial charge in [-0.2, -0.15) is 0 Å². The molecule has 174 valence electrons. The summed E-state index contributed by atoms with van der Waals surface area (Å²) >= 11 is 1.50. The molecule has 0 unspecified atom stereocenters. The van der Waals surface area contributed by atoms with Crippen LogP contribution in [0.4, 0.5) is 0 Å². The number of esters is 1. The molecule has 0 N–H and O–H groups in total. The zero-order valence-corrected chi connectivity index (χ0v) is 19.6. The molecule has 0 bridgehead atoms. The van der Waals surface area contributed by atoms with Gasteiger partial charge < -0.3 is 23.5 Å². The molecule has 0 spiro atoms. The van der Waals surface area contributed by atoms with Crippen LogP contribution >= 0.6 is 11.8 Å². The van der Waals surface area contributed by atoms with Crippen LogP contribution in [0.2, 0.25) is 0 Å². The predicted octanol–water partition coefficient (Wildman–Crippen LogP) is 3.19. The van der Waals surface area contributed by atoms with Crippen LogP contribution in [-0.2, 0) is 27.5 Å². The number of nitrogens with zero attached hydrogens (tertiary/aromatic N) is 2. The maximum Gasteiger partial charge on any atom is 0.303 e. The van der Waals surface area contributed by atoms with Crippen molar-refractivity contribution >= 4 is 23.6 Å². The van der Waals surface area contributed by atoms with Gasteiger partial charge in [-0.05, 0) is 36.8 Å². The number of carbonyl (C=O) groups is 2. The number of amides is 1. The Kier molecular flexibility index (Phi) is 8.87. The lowest BCUT2D eigenvalue weighted by Gasteiger charge is -2.21. The summed E-state index contributed by atoms with van der Waals surface area (Å²) in [6, 6.07) is 9.41. The molecule has 3 rings (SSSR count). The van der Waals surface area contributed by atoms with Gasteiger partial charge in [-0.25, -0.2) is 0 Å². The Morgan fingerprint density at radius 2 is 1.78 bits per heavy atom. The maximum absolute atomic E-state index is 12.8. The summed E-state index contributed by atoms with van der Waals surface area (Å²) in [5, 5.41) is 0. The van der Waals surface area contributed by atoms with Crippen LogP contribution in [-0.4, -0.2) is 67.8 Å². The molecule has 1 aromatic carbocycles. The molecule has 2 heterocycles. The molecule has 1 saturated heterocycles.